The van der Waals surface area contributed by atoms with E-state index in [0.29, 0.717) is 6.42 Å². The maximum absolute atomic E-state index is 10.2. The topological polar surface area (TPSA) is 104 Å². The predicted octanol–water partition coefficient (Wildman–Crippen LogP) is -1.02. The molecule has 1 atom stereocenters. The molecule has 0 aromatic rings. The minimum Gasteiger partial charge on any atom is -0.396 e. The third-order valence-corrected chi connectivity index (χ3v) is 1.99. The Morgan fingerprint density at radius 3 is 2.46 bits per heavy atom. The van der Waals surface area contributed by atoms with Crippen molar-refractivity contribution in [3.8, 4) is 0 Å². The minimum atomic E-state index is -4.04. The molecular weight excluding hydrogens is 200 g/mol. The molecule has 0 rings (SSSR count). The second-order valence-electron chi connectivity index (χ2n) is 2.48. The van der Waals surface area contributed by atoms with Crippen molar-refractivity contribution in [3.05, 3.63) is 0 Å². The van der Waals surface area contributed by atoms with Gasteiger partial charge in [-0.1, -0.05) is 0 Å². The van der Waals surface area contributed by atoms with Gasteiger partial charge in [-0.15, -0.1) is 0 Å². The zero-order valence-electron chi connectivity index (χ0n) is 7.09. The Kier molecular flexibility index (Phi) is 6.17. The Hall–Kier alpha value is -0.210. The first-order valence-corrected chi connectivity index (χ1v) is 5.42. The molecule has 0 aromatic heterocycles. The molecule has 0 aromatic carbocycles. The number of aliphatic hydroxyl groups excluding tert-OH is 2. The van der Waals surface area contributed by atoms with Gasteiger partial charge in [-0.3, -0.25) is 4.55 Å². The zero-order chi connectivity index (χ0) is 10.3. The molecule has 1 unspecified atom stereocenters. The highest BCUT2D eigenvalue weighted by molar-refractivity contribution is 7.85. The van der Waals surface area contributed by atoms with E-state index in [1.165, 1.54) is 0 Å². The summed E-state index contributed by atoms with van der Waals surface area (Å²) in [4.78, 5) is 0. The highest BCUT2D eigenvalue weighted by Gasteiger charge is 2.10. The van der Waals surface area contributed by atoms with E-state index in [2.05, 4.69) is 0 Å². The van der Waals surface area contributed by atoms with Gasteiger partial charge in [-0.25, -0.2) is 0 Å². The molecule has 0 aliphatic heterocycles. The fourth-order valence-corrected chi connectivity index (χ4v) is 1.12. The van der Waals surface area contributed by atoms with Gasteiger partial charge in [0.2, 0.25) is 0 Å². The number of ether oxygens (including phenoxy) is 1. The van der Waals surface area contributed by atoms with E-state index in [9.17, 15) is 8.42 Å². The van der Waals surface area contributed by atoms with Crippen LogP contribution in [0.2, 0.25) is 0 Å². The van der Waals surface area contributed by atoms with Gasteiger partial charge in [0.1, 0.15) is 0 Å². The van der Waals surface area contributed by atoms with Gasteiger partial charge < -0.3 is 14.9 Å². The predicted molar refractivity (Wildman–Crippen MR) is 44.7 cm³/mol. The van der Waals surface area contributed by atoms with Gasteiger partial charge in [0, 0.05) is 13.0 Å². The highest BCUT2D eigenvalue weighted by Crippen LogP contribution is 1.98. The Morgan fingerprint density at radius 1 is 1.38 bits per heavy atom. The van der Waals surface area contributed by atoms with Gasteiger partial charge in [-0.2, -0.15) is 8.42 Å². The summed E-state index contributed by atoms with van der Waals surface area (Å²) < 4.78 is 33.4. The highest BCUT2D eigenvalue weighted by atomic mass is 32.2. The summed E-state index contributed by atoms with van der Waals surface area (Å²) in [5.41, 5.74) is 0. The number of hydrogen-bond donors (Lipinski definition) is 3. The Labute approximate surface area is 76.9 Å². The molecule has 0 saturated carbocycles. The average molecular weight is 214 g/mol. The number of aliphatic hydroxyl groups is 2. The lowest BCUT2D eigenvalue weighted by Crippen LogP contribution is -2.18. The lowest BCUT2D eigenvalue weighted by molar-refractivity contribution is -0.102. The molecule has 0 aliphatic carbocycles. The van der Waals surface area contributed by atoms with Crippen LogP contribution in [0.5, 0.6) is 0 Å². The monoisotopic (exact) mass is 214 g/mol. The van der Waals surface area contributed by atoms with Crippen LogP contribution in [0.1, 0.15) is 12.8 Å². The molecule has 0 bridgehead atoms. The van der Waals surface area contributed by atoms with E-state index in [1.54, 1.807) is 0 Å². The number of rotatable bonds is 7. The van der Waals surface area contributed by atoms with Crippen LogP contribution < -0.4 is 0 Å². The molecule has 0 saturated heterocycles. The van der Waals surface area contributed by atoms with Crippen molar-refractivity contribution >= 4 is 10.1 Å². The van der Waals surface area contributed by atoms with Crippen molar-refractivity contribution in [2.24, 2.45) is 0 Å². The lowest BCUT2D eigenvalue weighted by atomic mass is 10.4. The Bertz CT molecular complexity index is 211. The molecule has 0 amide bonds. The van der Waals surface area contributed by atoms with Crippen LogP contribution in [-0.4, -0.2) is 48.4 Å². The first-order chi connectivity index (χ1) is 5.95. The van der Waals surface area contributed by atoms with Gasteiger partial charge in [0.05, 0.1) is 12.4 Å². The molecular formula is C6H14O6S. The van der Waals surface area contributed by atoms with Gasteiger partial charge in [0.25, 0.3) is 10.1 Å². The largest absolute Gasteiger partial charge is 0.396 e. The van der Waals surface area contributed by atoms with E-state index in [4.69, 9.17) is 19.5 Å². The van der Waals surface area contributed by atoms with Crippen molar-refractivity contribution in [3.63, 3.8) is 0 Å². The third kappa shape index (κ3) is 9.71. The summed E-state index contributed by atoms with van der Waals surface area (Å²) in [5.74, 6) is -0.534. The van der Waals surface area contributed by atoms with Crippen LogP contribution in [-0.2, 0) is 14.9 Å². The van der Waals surface area contributed by atoms with Crippen LogP contribution in [0, 0.1) is 0 Å². The van der Waals surface area contributed by atoms with E-state index >= 15 is 0 Å². The smallest absolute Gasteiger partial charge is 0.265 e. The van der Waals surface area contributed by atoms with Crippen LogP contribution in [0.3, 0.4) is 0 Å². The average Bonchev–Trinajstić information content (AvgIpc) is 2.00. The van der Waals surface area contributed by atoms with Crippen LogP contribution in [0.15, 0.2) is 0 Å². The minimum absolute atomic E-state index is 0.0506. The normalized spacial score (nSPS) is 14.4. The lowest BCUT2D eigenvalue weighted by Gasteiger charge is -2.09. The molecule has 80 valence electrons. The molecule has 0 aliphatic rings. The van der Waals surface area contributed by atoms with Crippen LogP contribution >= 0.6 is 0 Å². The first kappa shape index (κ1) is 12.8. The van der Waals surface area contributed by atoms with Gasteiger partial charge in [-0.05, 0) is 6.42 Å². The fraction of sp³-hybridized carbons (Fsp3) is 1.00. The van der Waals surface area contributed by atoms with Crippen molar-refractivity contribution in [2.75, 3.05) is 19.0 Å². The molecule has 0 spiro atoms. The molecule has 0 radical (unpaired) electrons. The molecule has 0 fully saturated rings. The molecule has 7 heteroatoms. The van der Waals surface area contributed by atoms with E-state index in [1.807, 2.05) is 0 Å². The quantitative estimate of drug-likeness (QED) is 0.285. The van der Waals surface area contributed by atoms with Crippen molar-refractivity contribution in [1.29, 1.82) is 0 Å². The maximum Gasteiger partial charge on any atom is 0.265 e. The van der Waals surface area contributed by atoms with Gasteiger partial charge in [0.15, 0.2) is 6.29 Å². The van der Waals surface area contributed by atoms with E-state index in [-0.39, 0.29) is 19.6 Å². The van der Waals surface area contributed by atoms with Crippen molar-refractivity contribution in [2.45, 2.75) is 19.1 Å². The fourth-order valence-electron chi connectivity index (χ4n) is 0.617. The van der Waals surface area contributed by atoms with Crippen LogP contribution in [0.25, 0.3) is 0 Å². The Balaban J connectivity index is 3.46. The second-order valence-corrected chi connectivity index (χ2v) is 4.05. The summed E-state index contributed by atoms with van der Waals surface area (Å²) in [7, 11) is -4.04. The summed E-state index contributed by atoms with van der Waals surface area (Å²) >= 11 is 0. The standard InChI is InChI=1S/C6H14O6S/c7-3-1-4-12-6(8)2-5-13(9,10)11/h6-8H,1-5H2,(H,9,10,11). The Morgan fingerprint density at radius 2 is 2.00 bits per heavy atom. The summed E-state index contributed by atoms with van der Waals surface area (Å²) in [5, 5.41) is 17.3. The molecule has 3 N–H and O–H groups in total. The second kappa shape index (κ2) is 6.28. The van der Waals surface area contributed by atoms with Crippen LogP contribution in [0.4, 0.5) is 0 Å². The summed E-state index contributed by atoms with van der Waals surface area (Å²) in [6.45, 7) is 0.105. The zero-order valence-corrected chi connectivity index (χ0v) is 7.90. The third-order valence-electron chi connectivity index (χ3n) is 1.24. The van der Waals surface area contributed by atoms with E-state index in [0.717, 1.165) is 0 Å². The van der Waals surface area contributed by atoms with E-state index < -0.39 is 22.2 Å². The van der Waals surface area contributed by atoms with Gasteiger partial charge >= 0.3 is 0 Å². The molecule has 0 heterocycles. The first-order valence-electron chi connectivity index (χ1n) is 3.81. The molecule has 13 heavy (non-hydrogen) atoms. The summed E-state index contributed by atoms with van der Waals surface area (Å²) in [6, 6.07) is 0. The number of hydrogen-bond acceptors (Lipinski definition) is 5. The maximum atomic E-state index is 10.2. The SMILES string of the molecule is O=S(=O)(O)CCC(O)OCCCO. The van der Waals surface area contributed by atoms with Crippen molar-refractivity contribution in [1.82, 2.24) is 0 Å². The van der Waals surface area contributed by atoms with Crippen molar-refractivity contribution < 1.29 is 27.9 Å². The molecule has 6 nitrogen and oxygen atoms in total. The summed E-state index contributed by atoms with van der Waals surface area (Å²) in [6.07, 6.45) is -1.01.